The van der Waals surface area contributed by atoms with Crippen LogP contribution in [0.3, 0.4) is 0 Å². The molecule has 0 saturated heterocycles. The zero-order valence-corrected chi connectivity index (χ0v) is 16.9. The van der Waals surface area contributed by atoms with Gasteiger partial charge in [-0.2, -0.15) is 0 Å². The molecule has 0 atom stereocenters. The van der Waals surface area contributed by atoms with E-state index < -0.39 is 0 Å². The number of benzene rings is 2. The van der Waals surface area contributed by atoms with Gasteiger partial charge in [0.15, 0.2) is 0 Å². The van der Waals surface area contributed by atoms with Gasteiger partial charge in [-0.3, -0.25) is 4.98 Å². The van der Waals surface area contributed by atoms with Crippen molar-refractivity contribution in [2.24, 2.45) is 0 Å². The van der Waals surface area contributed by atoms with E-state index in [1.165, 1.54) is 11.1 Å². The maximum atomic E-state index is 11.9. The molecule has 5 heteroatoms. The number of esters is 1. The third-order valence-electron chi connectivity index (χ3n) is 4.21. The van der Waals surface area contributed by atoms with E-state index in [1.54, 1.807) is 12.1 Å². The molecule has 0 fully saturated rings. The molecule has 1 heterocycles. The Kier molecular flexibility index (Phi) is 6.81. The van der Waals surface area contributed by atoms with Gasteiger partial charge in [0.2, 0.25) is 0 Å². The van der Waals surface area contributed by atoms with E-state index >= 15 is 0 Å². The molecular formula is C22H25ClN2O2. The highest BCUT2D eigenvalue weighted by molar-refractivity contribution is 5.96. The lowest BCUT2D eigenvalue weighted by Gasteiger charge is -2.13. The van der Waals surface area contributed by atoms with Crippen molar-refractivity contribution in [3.8, 4) is 0 Å². The number of hydrogen-bond donors (Lipinski definition) is 1. The lowest BCUT2D eigenvalue weighted by molar-refractivity contribution is 0.0505. The number of fused-ring (bicyclic) bond motifs is 1. The van der Waals surface area contributed by atoms with Crippen LogP contribution in [0.15, 0.2) is 42.5 Å². The number of rotatable bonds is 5. The Balaban J connectivity index is 0.00000261. The molecule has 3 aromatic rings. The topological polar surface area (TPSA) is 51.2 Å². The summed E-state index contributed by atoms with van der Waals surface area (Å²) in [6.45, 7) is 8.59. The number of nitrogens with zero attached hydrogens (tertiary/aromatic N) is 1. The lowest BCUT2D eigenvalue weighted by Crippen LogP contribution is -2.05. The van der Waals surface area contributed by atoms with Crippen LogP contribution in [-0.2, 0) is 4.74 Å². The molecule has 142 valence electrons. The fourth-order valence-corrected chi connectivity index (χ4v) is 3.04. The first-order chi connectivity index (χ1) is 12.5. The third kappa shape index (κ3) is 4.77. The highest BCUT2D eigenvalue weighted by Crippen LogP contribution is 2.29. The van der Waals surface area contributed by atoms with E-state index in [4.69, 9.17) is 4.74 Å². The van der Waals surface area contributed by atoms with Crippen molar-refractivity contribution in [3.05, 3.63) is 64.8 Å². The van der Waals surface area contributed by atoms with E-state index in [-0.39, 0.29) is 18.4 Å². The summed E-state index contributed by atoms with van der Waals surface area (Å²) >= 11 is 0. The van der Waals surface area contributed by atoms with Crippen LogP contribution >= 0.6 is 12.4 Å². The smallest absolute Gasteiger partial charge is 0.338 e. The Morgan fingerprint density at radius 2 is 1.78 bits per heavy atom. The van der Waals surface area contributed by atoms with Crippen molar-refractivity contribution >= 4 is 40.7 Å². The van der Waals surface area contributed by atoms with Gasteiger partial charge in [-0.1, -0.05) is 18.6 Å². The Morgan fingerprint density at radius 3 is 2.44 bits per heavy atom. The fourth-order valence-electron chi connectivity index (χ4n) is 3.04. The van der Waals surface area contributed by atoms with Gasteiger partial charge >= 0.3 is 5.97 Å². The van der Waals surface area contributed by atoms with Crippen LogP contribution in [0.4, 0.5) is 11.4 Å². The van der Waals surface area contributed by atoms with Crippen molar-refractivity contribution < 1.29 is 9.53 Å². The molecule has 0 unspecified atom stereocenters. The average Bonchev–Trinajstić information content (AvgIpc) is 2.61. The van der Waals surface area contributed by atoms with Crippen molar-refractivity contribution in [3.63, 3.8) is 0 Å². The van der Waals surface area contributed by atoms with Gasteiger partial charge in [0.1, 0.15) is 0 Å². The maximum absolute atomic E-state index is 11.9. The molecule has 2 aromatic carbocycles. The Labute approximate surface area is 166 Å². The highest BCUT2D eigenvalue weighted by Gasteiger charge is 2.09. The van der Waals surface area contributed by atoms with Crippen molar-refractivity contribution in [1.82, 2.24) is 4.98 Å². The number of pyridine rings is 1. The van der Waals surface area contributed by atoms with Crippen LogP contribution in [-0.4, -0.2) is 17.6 Å². The molecule has 0 amide bonds. The number of aromatic nitrogens is 1. The molecule has 0 saturated carbocycles. The SMILES string of the molecule is CCCOC(=O)c1ccc(Nc2cc(C)nc3c(C)cc(C)cc23)cc1.Cl. The number of anilines is 2. The molecule has 0 aliphatic heterocycles. The predicted molar refractivity (Wildman–Crippen MR) is 114 cm³/mol. The summed E-state index contributed by atoms with van der Waals surface area (Å²) in [4.78, 5) is 16.6. The quantitative estimate of drug-likeness (QED) is 0.557. The Morgan fingerprint density at radius 1 is 1.07 bits per heavy atom. The van der Waals surface area contributed by atoms with E-state index in [0.717, 1.165) is 34.4 Å². The molecule has 0 aliphatic rings. The molecule has 0 aliphatic carbocycles. The van der Waals surface area contributed by atoms with Gasteiger partial charge in [-0.05, 0) is 69.2 Å². The van der Waals surface area contributed by atoms with E-state index in [0.29, 0.717) is 12.2 Å². The van der Waals surface area contributed by atoms with Crippen LogP contribution in [0.2, 0.25) is 0 Å². The molecular weight excluding hydrogens is 360 g/mol. The summed E-state index contributed by atoms with van der Waals surface area (Å²) in [6, 6.07) is 13.7. The number of ether oxygens (including phenoxy) is 1. The first-order valence-corrected chi connectivity index (χ1v) is 8.90. The second-order valence-corrected chi connectivity index (χ2v) is 6.63. The minimum atomic E-state index is -0.283. The van der Waals surface area contributed by atoms with E-state index in [9.17, 15) is 4.79 Å². The summed E-state index contributed by atoms with van der Waals surface area (Å²) in [5.41, 5.74) is 6.85. The molecule has 3 rings (SSSR count). The standard InChI is InChI=1S/C22H24N2O2.ClH/c1-5-10-26-22(25)17-6-8-18(9-7-17)24-20-13-16(4)23-21-15(3)11-14(2)12-19(20)21;/h6-9,11-13H,5,10H2,1-4H3,(H,23,24);1H. The summed E-state index contributed by atoms with van der Waals surface area (Å²) in [7, 11) is 0. The van der Waals surface area contributed by atoms with Crippen molar-refractivity contribution in [1.29, 1.82) is 0 Å². The first kappa shape index (κ1) is 20.7. The van der Waals surface area contributed by atoms with E-state index in [1.807, 2.05) is 32.0 Å². The van der Waals surface area contributed by atoms with Gasteiger partial charge in [0.25, 0.3) is 0 Å². The van der Waals surface area contributed by atoms with Crippen molar-refractivity contribution in [2.75, 3.05) is 11.9 Å². The second-order valence-electron chi connectivity index (χ2n) is 6.63. The molecule has 1 N–H and O–H groups in total. The van der Waals surface area contributed by atoms with Gasteiger partial charge in [-0.25, -0.2) is 4.79 Å². The number of carbonyl (C=O) groups excluding carboxylic acids is 1. The zero-order valence-electron chi connectivity index (χ0n) is 16.1. The number of halogens is 1. The summed E-state index contributed by atoms with van der Waals surface area (Å²) < 4.78 is 5.17. The van der Waals surface area contributed by atoms with Gasteiger partial charge in [0, 0.05) is 22.5 Å². The van der Waals surface area contributed by atoms with E-state index in [2.05, 4.69) is 36.3 Å². The molecule has 0 bridgehead atoms. The van der Waals surface area contributed by atoms with Gasteiger partial charge in [0.05, 0.1) is 17.7 Å². The highest BCUT2D eigenvalue weighted by atomic mass is 35.5. The Bertz CT molecular complexity index is 953. The molecule has 27 heavy (non-hydrogen) atoms. The number of aryl methyl sites for hydroxylation is 3. The van der Waals surface area contributed by atoms with Crippen LogP contribution in [0, 0.1) is 20.8 Å². The monoisotopic (exact) mass is 384 g/mol. The van der Waals surface area contributed by atoms with Crippen LogP contribution in [0.5, 0.6) is 0 Å². The summed E-state index contributed by atoms with van der Waals surface area (Å²) in [5.74, 6) is -0.283. The third-order valence-corrected chi connectivity index (χ3v) is 4.21. The predicted octanol–water partition coefficient (Wildman–Crippen LogP) is 5.89. The minimum Gasteiger partial charge on any atom is -0.462 e. The lowest BCUT2D eigenvalue weighted by atomic mass is 10.0. The average molecular weight is 385 g/mol. The summed E-state index contributed by atoms with van der Waals surface area (Å²) in [6.07, 6.45) is 0.818. The molecule has 0 radical (unpaired) electrons. The van der Waals surface area contributed by atoms with Crippen molar-refractivity contribution in [2.45, 2.75) is 34.1 Å². The number of nitrogens with one attached hydrogen (secondary N) is 1. The normalized spacial score (nSPS) is 10.4. The zero-order chi connectivity index (χ0) is 18.7. The number of carbonyl (C=O) groups is 1. The maximum Gasteiger partial charge on any atom is 0.338 e. The molecule has 4 nitrogen and oxygen atoms in total. The minimum absolute atomic E-state index is 0. The van der Waals surface area contributed by atoms with Crippen LogP contribution in [0.1, 0.15) is 40.5 Å². The molecule has 0 spiro atoms. The largest absolute Gasteiger partial charge is 0.462 e. The van der Waals surface area contributed by atoms with Gasteiger partial charge in [-0.15, -0.1) is 12.4 Å². The first-order valence-electron chi connectivity index (χ1n) is 8.90. The molecule has 1 aromatic heterocycles. The van der Waals surface area contributed by atoms with Crippen LogP contribution < -0.4 is 5.32 Å². The fraction of sp³-hybridized carbons (Fsp3) is 0.273. The van der Waals surface area contributed by atoms with Gasteiger partial charge < -0.3 is 10.1 Å². The second kappa shape index (κ2) is 8.87. The van der Waals surface area contributed by atoms with Crippen LogP contribution in [0.25, 0.3) is 10.9 Å². The summed E-state index contributed by atoms with van der Waals surface area (Å²) in [5, 5.41) is 4.56. The number of hydrogen-bond acceptors (Lipinski definition) is 4. The Hall–Kier alpha value is -2.59.